The summed E-state index contributed by atoms with van der Waals surface area (Å²) in [6.07, 6.45) is 0. The summed E-state index contributed by atoms with van der Waals surface area (Å²) in [4.78, 5) is 21.7. The lowest BCUT2D eigenvalue weighted by Crippen LogP contribution is -2.11. The van der Waals surface area contributed by atoms with Gasteiger partial charge < -0.3 is 9.84 Å². The van der Waals surface area contributed by atoms with E-state index >= 15 is 0 Å². The summed E-state index contributed by atoms with van der Waals surface area (Å²) in [6.45, 7) is 3.64. The van der Waals surface area contributed by atoms with Crippen molar-refractivity contribution in [3.63, 3.8) is 0 Å². The van der Waals surface area contributed by atoms with Gasteiger partial charge in [0.2, 0.25) is 0 Å². The third-order valence-corrected chi connectivity index (χ3v) is 3.66. The third kappa shape index (κ3) is 4.13. The number of nitro groups is 1. The molecule has 0 aliphatic carbocycles. The van der Waals surface area contributed by atoms with E-state index in [0.29, 0.717) is 11.5 Å². The van der Waals surface area contributed by atoms with Gasteiger partial charge in [-0.1, -0.05) is 13.0 Å². The van der Waals surface area contributed by atoms with Crippen LogP contribution >= 0.6 is 11.8 Å². The van der Waals surface area contributed by atoms with Gasteiger partial charge in [0.05, 0.1) is 22.3 Å². The maximum Gasteiger partial charge on any atom is 0.324 e. The van der Waals surface area contributed by atoms with Gasteiger partial charge in [-0.25, -0.2) is 0 Å². The van der Waals surface area contributed by atoms with Crippen LogP contribution in [0.5, 0.6) is 5.75 Å². The zero-order valence-electron chi connectivity index (χ0n) is 10.7. The van der Waals surface area contributed by atoms with E-state index in [4.69, 9.17) is 9.84 Å². The topological polar surface area (TPSA) is 89.7 Å². The summed E-state index contributed by atoms with van der Waals surface area (Å²) in [7, 11) is 0. The fraction of sp³-hybridized carbons (Fsp3) is 0.417. The Morgan fingerprint density at radius 1 is 1.58 bits per heavy atom. The Kier molecular flexibility index (Phi) is 5.62. The molecule has 0 saturated heterocycles. The average Bonchev–Trinajstić information content (AvgIpc) is 2.35. The van der Waals surface area contributed by atoms with Gasteiger partial charge in [-0.3, -0.25) is 14.9 Å². The van der Waals surface area contributed by atoms with Crippen molar-refractivity contribution in [1.82, 2.24) is 0 Å². The highest BCUT2D eigenvalue weighted by molar-refractivity contribution is 7.99. The molecule has 1 rings (SSSR count). The number of ether oxygens (including phenoxy) is 1. The molecule has 0 heterocycles. The third-order valence-electron chi connectivity index (χ3n) is 2.35. The lowest BCUT2D eigenvalue weighted by atomic mass is 10.2. The predicted octanol–water partition coefficient (Wildman–Crippen LogP) is 2.81. The monoisotopic (exact) mass is 285 g/mol. The van der Waals surface area contributed by atoms with Crippen molar-refractivity contribution in [2.45, 2.75) is 18.7 Å². The lowest BCUT2D eigenvalue weighted by Gasteiger charge is -2.09. The molecule has 0 aliphatic heterocycles. The van der Waals surface area contributed by atoms with E-state index in [1.54, 1.807) is 26.0 Å². The molecule has 7 heteroatoms. The number of hydrogen-bond acceptors (Lipinski definition) is 5. The molecule has 104 valence electrons. The smallest absolute Gasteiger partial charge is 0.324 e. The van der Waals surface area contributed by atoms with Crippen LogP contribution in [0.15, 0.2) is 23.1 Å². The van der Waals surface area contributed by atoms with Crippen molar-refractivity contribution in [2.24, 2.45) is 5.92 Å². The molecule has 1 unspecified atom stereocenters. The zero-order chi connectivity index (χ0) is 14.4. The number of carboxylic acids is 1. The number of hydrogen-bond donors (Lipinski definition) is 1. The molecule has 19 heavy (non-hydrogen) atoms. The van der Waals surface area contributed by atoms with Gasteiger partial charge in [0.25, 0.3) is 0 Å². The van der Waals surface area contributed by atoms with Crippen molar-refractivity contribution in [3.05, 3.63) is 28.3 Å². The van der Waals surface area contributed by atoms with Gasteiger partial charge in [0.15, 0.2) is 5.75 Å². The largest absolute Gasteiger partial charge is 0.487 e. The quantitative estimate of drug-likeness (QED) is 0.470. The first kappa shape index (κ1) is 15.3. The summed E-state index contributed by atoms with van der Waals surface area (Å²) in [6, 6.07) is 4.79. The highest BCUT2D eigenvalue weighted by Gasteiger charge is 2.22. The van der Waals surface area contributed by atoms with Gasteiger partial charge in [-0.05, 0) is 19.1 Å². The Hall–Kier alpha value is -1.76. The van der Waals surface area contributed by atoms with E-state index in [0.717, 1.165) is 11.8 Å². The van der Waals surface area contributed by atoms with Gasteiger partial charge in [0, 0.05) is 5.75 Å². The first-order valence-corrected chi connectivity index (χ1v) is 6.71. The summed E-state index contributed by atoms with van der Waals surface area (Å²) < 4.78 is 5.22. The first-order valence-electron chi connectivity index (χ1n) is 5.73. The summed E-state index contributed by atoms with van der Waals surface area (Å²) in [5, 5.41) is 19.9. The molecule has 0 amide bonds. The fourth-order valence-corrected chi connectivity index (χ4v) is 2.42. The number of aliphatic carboxylic acids is 1. The number of carbonyl (C=O) groups is 1. The van der Waals surface area contributed by atoms with E-state index in [-0.39, 0.29) is 17.2 Å². The van der Waals surface area contributed by atoms with E-state index in [2.05, 4.69) is 0 Å². The van der Waals surface area contributed by atoms with Crippen molar-refractivity contribution < 1.29 is 19.6 Å². The second-order valence-corrected chi connectivity index (χ2v) is 4.91. The molecule has 1 atom stereocenters. The summed E-state index contributed by atoms with van der Waals surface area (Å²) >= 11 is 1.15. The molecule has 0 saturated carbocycles. The van der Waals surface area contributed by atoms with E-state index in [9.17, 15) is 14.9 Å². The molecule has 0 radical (unpaired) electrons. The van der Waals surface area contributed by atoms with E-state index in [1.165, 1.54) is 6.07 Å². The van der Waals surface area contributed by atoms with Gasteiger partial charge in [-0.15, -0.1) is 11.8 Å². The summed E-state index contributed by atoms with van der Waals surface area (Å²) in [5.41, 5.74) is -0.105. The standard InChI is InChI=1S/C12H15NO5S/c1-3-18-9-5-4-6-10(11(9)13(16)17)19-7-8(2)12(14)15/h4-6,8H,3,7H2,1-2H3,(H,14,15). The Labute approximate surface area is 114 Å². The maximum absolute atomic E-state index is 11.1. The Morgan fingerprint density at radius 2 is 2.26 bits per heavy atom. The number of para-hydroxylation sites is 1. The van der Waals surface area contributed by atoms with Crippen LogP contribution in [0.25, 0.3) is 0 Å². The second-order valence-electron chi connectivity index (χ2n) is 3.84. The minimum Gasteiger partial charge on any atom is -0.487 e. The number of nitro benzene ring substituents is 1. The molecule has 0 aliphatic rings. The highest BCUT2D eigenvalue weighted by atomic mass is 32.2. The van der Waals surface area contributed by atoms with Crippen molar-refractivity contribution >= 4 is 23.4 Å². The molecular weight excluding hydrogens is 270 g/mol. The number of benzene rings is 1. The molecule has 1 aromatic rings. The number of nitrogens with zero attached hydrogens (tertiary/aromatic N) is 1. The zero-order valence-corrected chi connectivity index (χ0v) is 11.5. The van der Waals surface area contributed by atoms with Crippen LogP contribution in [-0.4, -0.2) is 28.4 Å². The van der Waals surface area contributed by atoms with Crippen LogP contribution in [0.2, 0.25) is 0 Å². The van der Waals surface area contributed by atoms with Crippen molar-refractivity contribution in [3.8, 4) is 5.75 Å². The SMILES string of the molecule is CCOc1cccc(SCC(C)C(=O)O)c1[N+](=O)[O-]. The second kappa shape index (κ2) is 6.98. The van der Waals surface area contributed by atoms with E-state index in [1.807, 2.05) is 0 Å². The Balaban J connectivity index is 2.96. The van der Waals surface area contributed by atoms with Crippen molar-refractivity contribution in [1.29, 1.82) is 0 Å². The molecule has 0 fully saturated rings. The van der Waals surface area contributed by atoms with Crippen LogP contribution in [0.1, 0.15) is 13.8 Å². The van der Waals surface area contributed by atoms with E-state index < -0.39 is 16.8 Å². The summed E-state index contributed by atoms with van der Waals surface area (Å²) in [5.74, 6) is -1.01. The minimum absolute atomic E-state index is 0.105. The van der Waals surface area contributed by atoms with Crippen LogP contribution < -0.4 is 4.74 Å². The average molecular weight is 285 g/mol. The highest BCUT2D eigenvalue weighted by Crippen LogP contribution is 2.37. The molecule has 1 aromatic carbocycles. The Bertz CT molecular complexity index is 477. The molecule has 0 spiro atoms. The van der Waals surface area contributed by atoms with Gasteiger partial charge in [0.1, 0.15) is 0 Å². The molecule has 6 nitrogen and oxygen atoms in total. The number of thioether (sulfide) groups is 1. The van der Waals surface area contributed by atoms with Crippen molar-refractivity contribution in [2.75, 3.05) is 12.4 Å². The van der Waals surface area contributed by atoms with Crippen LogP contribution in [0, 0.1) is 16.0 Å². The van der Waals surface area contributed by atoms with Gasteiger partial charge >= 0.3 is 11.7 Å². The van der Waals surface area contributed by atoms with Gasteiger partial charge in [-0.2, -0.15) is 0 Å². The first-order chi connectivity index (χ1) is 8.97. The lowest BCUT2D eigenvalue weighted by molar-refractivity contribution is -0.388. The van der Waals surface area contributed by atoms with Crippen LogP contribution in [-0.2, 0) is 4.79 Å². The number of rotatable bonds is 7. The molecule has 0 bridgehead atoms. The minimum atomic E-state index is -0.920. The normalized spacial score (nSPS) is 11.9. The van der Waals surface area contributed by atoms with Crippen LogP contribution in [0.3, 0.4) is 0 Å². The molecule has 1 N–H and O–H groups in total. The Morgan fingerprint density at radius 3 is 2.79 bits per heavy atom. The number of carboxylic acid groups (broad SMARTS) is 1. The molecule has 0 aromatic heterocycles. The predicted molar refractivity (Wildman–Crippen MR) is 71.8 cm³/mol. The van der Waals surface area contributed by atoms with Crippen LogP contribution in [0.4, 0.5) is 5.69 Å². The molecular formula is C12H15NO5S. The fourth-order valence-electron chi connectivity index (χ4n) is 1.36. The maximum atomic E-state index is 11.1.